The second kappa shape index (κ2) is 5.84. The number of fused-ring (bicyclic) bond motifs is 1. The standard InChI is InChI=1S/C17H14N2O4/c1-22-13-5-6-15-10(7-13)8-14(16(18)21)17(23-15)19-11-3-2-4-12(20)9-11/h2-9,20H,1H3,(H2,18,21). The molecule has 0 fully saturated rings. The van der Waals surface area contributed by atoms with Crippen molar-refractivity contribution in [3.05, 3.63) is 59.6 Å². The fourth-order valence-electron chi connectivity index (χ4n) is 2.18. The van der Waals surface area contributed by atoms with Crippen molar-refractivity contribution in [2.45, 2.75) is 0 Å². The van der Waals surface area contributed by atoms with E-state index < -0.39 is 5.91 Å². The number of phenolic OH excluding ortho intramolecular Hbond substituents is 1. The van der Waals surface area contributed by atoms with Crippen molar-refractivity contribution in [3.63, 3.8) is 0 Å². The molecule has 0 spiro atoms. The van der Waals surface area contributed by atoms with E-state index >= 15 is 0 Å². The summed E-state index contributed by atoms with van der Waals surface area (Å²) in [6.07, 6.45) is 0. The van der Waals surface area contributed by atoms with Crippen LogP contribution >= 0.6 is 0 Å². The van der Waals surface area contributed by atoms with E-state index in [-0.39, 0.29) is 16.9 Å². The molecule has 1 heterocycles. The van der Waals surface area contributed by atoms with Crippen LogP contribution < -0.4 is 16.0 Å². The van der Waals surface area contributed by atoms with E-state index in [1.807, 2.05) is 0 Å². The van der Waals surface area contributed by atoms with Crippen LogP contribution in [0.2, 0.25) is 0 Å². The van der Waals surface area contributed by atoms with Gasteiger partial charge in [0.15, 0.2) is 0 Å². The highest BCUT2D eigenvalue weighted by atomic mass is 16.5. The van der Waals surface area contributed by atoms with Gasteiger partial charge in [0.1, 0.15) is 22.6 Å². The van der Waals surface area contributed by atoms with Crippen LogP contribution in [0.15, 0.2) is 57.9 Å². The zero-order valence-electron chi connectivity index (χ0n) is 12.3. The molecular weight excluding hydrogens is 296 g/mol. The van der Waals surface area contributed by atoms with Gasteiger partial charge in [0.2, 0.25) is 5.55 Å². The minimum Gasteiger partial charge on any atom is -0.508 e. The lowest BCUT2D eigenvalue weighted by Gasteiger charge is -2.04. The maximum atomic E-state index is 11.7. The number of nitrogens with zero attached hydrogens (tertiary/aromatic N) is 1. The Morgan fingerprint density at radius 2 is 2.04 bits per heavy atom. The van der Waals surface area contributed by atoms with Gasteiger partial charge in [-0.25, -0.2) is 4.99 Å². The number of hydrogen-bond acceptors (Lipinski definition) is 5. The van der Waals surface area contributed by atoms with Crippen LogP contribution in [0.4, 0.5) is 5.69 Å². The molecule has 1 amide bonds. The Balaban J connectivity index is 2.26. The first-order chi connectivity index (χ1) is 11.1. The highest BCUT2D eigenvalue weighted by Gasteiger charge is 2.10. The van der Waals surface area contributed by atoms with Crippen molar-refractivity contribution in [3.8, 4) is 11.5 Å². The molecule has 2 aromatic carbocycles. The molecule has 0 atom stereocenters. The summed E-state index contributed by atoms with van der Waals surface area (Å²) < 4.78 is 10.8. The summed E-state index contributed by atoms with van der Waals surface area (Å²) in [4.78, 5) is 16.0. The van der Waals surface area contributed by atoms with Gasteiger partial charge in [-0.3, -0.25) is 4.79 Å². The summed E-state index contributed by atoms with van der Waals surface area (Å²) in [5.41, 5.74) is 6.64. The third kappa shape index (κ3) is 3.01. The van der Waals surface area contributed by atoms with E-state index in [4.69, 9.17) is 14.9 Å². The molecule has 3 rings (SSSR count). The number of rotatable bonds is 3. The second-order valence-electron chi connectivity index (χ2n) is 4.86. The van der Waals surface area contributed by atoms with E-state index in [9.17, 15) is 9.90 Å². The number of amides is 1. The number of carbonyl (C=O) groups is 1. The van der Waals surface area contributed by atoms with E-state index in [1.54, 1.807) is 43.5 Å². The average molecular weight is 310 g/mol. The molecule has 0 radical (unpaired) electrons. The highest BCUT2D eigenvalue weighted by molar-refractivity contribution is 5.95. The molecule has 0 saturated carbocycles. The van der Waals surface area contributed by atoms with Crippen LogP contribution in [0, 0.1) is 0 Å². The van der Waals surface area contributed by atoms with Crippen LogP contribution in [-0.4, -0.2) is 18.1 Å². The maximum absolute atomic E-state index is 11.7. The lowest BCUT2D eigenvalue weighted by atomic mass is 10.1. The average Bonchev–Trinajstić information content (AvgIpc) is 2.53. The first-order valence-electron chi connectivity index (χ1n) is 6.82. The van der Waals surface area contributed by atoms with Crippen molar-refractivity contribution >= 4 is 22.6 Å². The Labute approximate surface area is 131 Å². The number of primary amides is 1. The molecule has 6 heteroatoms. The molecule has 0 bridgehead atoms. The first-order valence-corrected chi connectivity index (χ1v) is 6.82. The Hall–Kier alpha value is -3.28. The molecule has 23 heavy (non-hydrogen) atoms. The van der Waals surface area contributed by atoms with Crippen molar-refractivity contribution in [2.75, 3.05) is 7.11 Å². The number of ether oxygens (including phenoxy) is 1. The third-order valence-corrected chi connectivity index (χ3v) is 3.28. The van der Waals surface area contributed by atoms with Crippen molar-refractivity contribution < 1.29 is 19.1 Å². The summed E-state index contributed by atoms with van der Waals surface area (Å²) in [6.45, 7) is 0. The number of carbonyl (C=O) groups excluding carboxylic acids is 1. The van der Waals surface area contributed by atoms with Crippen molar-refractivity contribution in [1.29, 1.82) is 0 Å². The maximum Gasteiger partial charge on any atom is 0.254 e. The molecule has 0 aliphatic heterocycles. The number of aromatic hydroxyl groups is 1. The molecule has 3 aromatic rings. The number of nitrogens with two attached hydrogens (primary N) is 1. The van der Waals surface area contributed by atoms with Gasteiger partial charge >= 0.3 is 0 Å². The van der Waals surface area contributed by atoms with Crippen LogP contribution in [0.1, 0.15) is 10.4 Å². The molecule has 0 unspecified atom stereocenters. The summed E-state index contributed by atoms with van der Waals surface area (Å²) >= 11 is 0. The number of methoxy groups -OCH3 is 1. The SMILES string of the molecule is COc1ccc2oc(=Nc3cccc(O)c3)c(C(N)=O)cc2c1. The van der Waals surface area contributed by atoms with E-state index in [2.05, 4.69) is 4.99 Å². The quantitative estimate of drug-likeness (QED) is 0.776. The van der Waals surface area contributed by atoms with Crippen LogP contribution in [0.3, 0.4) is 0 Å². The lowest BCUT2D eigenvalue weighted by molar-refractivity contribution is 0.0996. The smallest absolute Gasteiger partial charge is 0.254 e. The zero-order valence-corrected chi connectivity index (χ0v) is 12.3. The van der Waals surface area contributed by atoms with E-state index in [0.29, 0.717) is 22.4 Å². The Bertz CT molecular complexity index is 960. The number of phenols is 1. The molecule has 0 aliphatic rings. The first kappa shape index (κ1) is 14.6. The fraction of sp³-hybridized carbons (Fsp3) is 0.0588. The van der Waals surface area contributed by atoms with E-state index in [0.717, 1.165) is 0 Å². The number of hydrogen-bond donors (Lipinski definition) is 2. The van der Waals surface area contributed by atoms with Gasteiger partial charge in [-0.05, 0) is 36.4 Å². The Morgan fingerprint density at radius 1 is 1.22 bits per heavy atom. The summed E-state index contributed by atoms with van der Waals surface area (Å²) in [7, 11) is 1.55. The predicted octanol–water partition coefficient (Wildman–Crippen LogP) is 2.48. The van der Waals surface area contributed by atoms with Gasteiger partial charge in [0.05, 0.1) is 12.8 Å². The fourth-order valence-corrected chi connectivity index (χ4v) is 2.18. The monoisotopic (exact) mass is 310 g/mol. The normalized spacial score (nSPS) is 11.6. The third-order valence-electron chi connectivity index (χ3n) is 3.28. The molecule has 0 aliphatic carbocycles. The van der Waals surface area contributed by atoms with Crippen LogP contribution in [0.5, 0.6) is 11.5 Å². The Morgan fingerprint density at radius 3 is 2.74 bits per heavy atom. The van der Waals surface area contributed by atoms with Gasteiger partial charge in [0.25, 0.3) is 5.91 Å². The van der Waals surface area contributed by atoms with Gasteiger partial charge in [0, 0.05) is 11.5 Å². The second-order valence-corrected chi connectivity index (χ2v) is 4.86. The van der Waals surface area contributed by atoms with E-state index in [1.165, 1.54) is 12.1 Å². The molecule has 3 N–H and O–H groups in total. The molecule has 1 aromatic heterocycles. The Kier molecular flexibility index (Phi) is 3.72. The van der Waals surface area contributed by atoms with Gasteiger partial charge in [-0.15, -0.1) is 0 Å². The predicted molar refractivity (Wildman–Crippen MR) is 84.6 cm³/mol. The van der Waals surface area contributed by atoms with Crippen molar-refractivity contribution in [2.24, 2.45) is 10.7 Å². The summed E-state index contributed by atoms with van der Waals surface area (Å²) in [6, 6.07) is 13.1. The van der Waals surface area contributed by atoms with Gasteiger partial charge in [-0.1, -0.05) is 6.07 Å². The molecule has 0 saturated heterocycles. The lowest BCUT2D eigenvalue weighted by Crippen LogP contribution is -2.21. The highest BCUT2D eigenvalue weighted by Crippen LogP contribution is 2.21. The van der Waals surface area contributed by atoms with Gasteiger partial charge in [-0.2, -0.15) is 0 Å². The molecule has 116 valence electrons. The van der Waals surface area contributed by atoms with Crippen LogP contribution in [-0.2, 0) is 0 Å². The minimum atomic E-state index is -0.655. The molecule has 6 nitrogen and oxygen atoms in total. The van der Waals surface area contributed by atoms with Crippen LogP contribution in [0.25, 0.3) is 11.0 Å². The summed E-state index contributed by atoms with van der Waals surface area (Å²) in [5.74, 6) is 0.0514. The molecular formula is C17H14N2O4. The largest absolute Gasteiger partial charge is 0.508 e. The minimum absolute atomic E-state index is 0.0670. The number of benzene rings is 2. The van der Waals surface area contributed by atoms with Crippen molar-refractivity contribution in [1.82, 2.24) is 0 Å². The van der Waals surface area contributed by atoms with Gasteiger partial charge < -0.3 is 20.0 Å². The summed E-state index contributed by atoms with van der Waals surface area (Å²) in [5, 5.41) is 10.2. The zero-order chi connectivity index (χ0) is 16.4. The topological polar surface area (TPSA) is 98.1 Å².